The van der Waals surface area contributed by atoms with E-state index in [-0.39, 0.29) is 12.5 Å². The van der Waals surface area contributed by atoms with E-state index in [1.165, 1.54) is 6.92 Å². The third kappa shape index (κ3) is 4.29. The van der Waals surface area contributed by atoms with Crippen LogP contribution in [0.15, 0.2) is 24.4 Å². The molecule has 1 fully saturated rings. The highest BCUT2D eigenvalue weighted by Gasteiger charge is 2.39. The Hall–Kier alpha value is -3.08. The Morgan fingerprint density at radius 3 is 2.88 bits per heavy atom. The number of aryl methyl sites for hydroxylation is 1. The highest BCUT2D eigenvalue weighted by molar-refractivity contribution is 5.91. The molecular weight excluding hydrogens is 414 g/mol. The first-order chi connectivity index (χ1) is 15.3. The molecule has 2 atom stereocenters. The molecule has 10 heteroatoms. The Labute approximate surface area is 185 Å². The molecule has 0 radical (unpaired) electrons. The zero-order chi connectivity index (χ0) is 22.9. The number of carbonyl (C=O) groups is 1. The van der Waals surface area contributed by atoms with Crippen molar-refractivity contribution in [1.29, 1.82) is 0 Å². The molecule has 0 spiro atoms. The Morgan fingerprint density at radius 2 is 2.22 bits per heavy atom. The van der Waals surface area contributed by atoms with Gasteiger partial charge in [-0.3, -0.25) is 4.79 Å². The van der Waals surface area contributed by atoms with Crippen molar-refractivity contribution >= 4 is 22.6 Å². The third-order valence-corrected chi connectivity index (χ3v) is 5.39. The summed E-state index contributed by atoms with van der Waals surface area (Å²) in [7, 11) is 1.64. The van der Waals surface area contributed by atoms with E-state index in [4.69, 9.17) is 19.2 Å². The van der Waals surface area contributed by atoms with E-state index >= 15 is 0 Å². The van der Waals surface area contributed by atoms with Crippen LogP contribution in [0.3, 0.4) is 0 Å². The smallest absolute Gasteiger partial charge is 0.222 e. The van der Waals surface area contributed by atoms with E-state index in [1.807, 2.05) is 13.0 Å². The molecule has 1 aliphatic rings. The van der Waals surface area contributed by atoms with Gasteiger partial charge in [0.2, 0.25) is 5.91 Å². The fourth-order valence-corrected chi connectivity index (χ4v) is 3.73. The molecule has 0 saturated carbocycles. The molecule has 4 heterocycles. The zero-order valence-corrected chi connectivity index (χ0v) is 18.6. The summed E-state index contributed by atoms with van der Waals surface area (Å²) in [4.78, 5) is 20.6. The number of anilines is 1. The number of ether oxygens (including phenoxy) is 3. The maximum absolute atomic E-state index is 11.5. The van der Waals surface area contributed by atoms with Crippen molar-refractivity contribution in [2.45, 2.75) is 38.9 Å². The number of nitrogens with zero attached hydrogens (tertiary/aromatic N) is 4. The zero-order valence-electron chi connectivity index (χ0n) is 18.6. The van der Waals surface area contributed by atoms with E-state index in [2.05, 4.69) is 15.4 Å². The van der Waals surface area contributed by atoms with Crippen LogP contribution < -0.4 is 10.1 Å². The van der Waals surface area contributed by atoms with Crippen molar-refractivity contribution in [3.8, 4) is 11.6 Å². The van der Waals surface area contributed by atoms with E-state index in [1.54, 1.807) is 37.0 Å². The number of fused-ring (bicyclic) bond motifs is 1. The minimum Gasteiger partial charge on any atom is -0.491 e. The van der Waals surface area contributed by atoms with Gasteiger partial charge in [0.25, 0.3) is 0 Å². The van der Waals surface area contributed by atoms with Crippen molar-refractivity contribution < 1.29 is 24.1 Å². The predicted molar refractivity (Wildman–Crippen MR) is 117 cm³/mol. The number of rotatable bonds is 7. The van der Waals surface area contributed by atoms with Crippen LogP contribution in [0.5, 0.6) is 5.75 Å². The Morgan fingerprint density at radius 1 is 1.41 bits per heavy atom. The number of aliphatic hydroxyl groups excluding tert-OH is 1. The van der Waals surface area contributed by atoms with Gasteiger partial charge in [-0.15, -0.1) is 0 Å². The van der Waals surface area contributed by atoms with Crippen LogP contribution in [0.4, 0.5) is 5.82 Å². The average molecular weight is 441 g/mol. The summed E-state index contributed by atoms with van der Waals surface area (Å²) in [5.74, 6) is 1.26. The van der Waals surface area contributed by atoms with Crippen molar-refractivity contribution in [3.63, 3.8) is 0 Å². The summed E-state index contributed by atoms with van der Waals surface area (Å²) in [5.41, 5.74) is 1.47. The van der Waals surface area contributed by atoms with Gasteiger partial charge in [-0.05, 0) is 13.8 Å². The van der Waals surface area contributed by atoms with Crippen LogP contribution in [-0.4, -0.2) is 63.8 Å². The van der Waals surface area contributed by atoms with Crippen molar-refractivity contribution in [1.82, 2.24) is 19.7 Å². The molecule has 1 amide bonds. The Balaban J connectivity index is 1.86. The molecule has 170 valence electrons. The first-order valence-electron chi connectivity index (χ1n) is 10.4. The van der Waals surface area contributed by atoms with E-state index < -0.39 is 11.7 Å². The first-order valence-corrected chi connectivity index (χ1v) is 10.4. The number of carbonyl (C=O) groups excluding carboxylic acids is 1. The average Bonchev–Trinajstić information content (AvgIpc) is 3.37. The monoisotopic (exact) mass is 441 g/mol. The standard InChI is InChI=1S/C22H27N5O5/c1-13(28)11-32-16-7-19(22(30-4)5-6-31-12-22)25-21(8-16)27-18-9-20(24-15(3)29)23-10-17(18)14(2)26-27/h7-10,13,28H,5-6,11-12H2,1-4H3,(H,23,24,29)/t13-,22-/m1/s1. The first kappa shape index (κ1) is 22.1. The second kappa shape index (κ2) is 8.81. The van der Waals surface area contributed by atoms with Crippen LogP contribution >= 0.6 is 0 Å². The molecule has 0 unspecified atom stereocenters. The van der Waals surface area contributed by atoms with Crippen molar-refractivity contribution in [2.24, 2.45) is 0 Å². The van der Waals surface area contributed by atoms with Gasteiger partial charge in [0.05, 0.1) is 29.6 Å². The van der Waals surface area contributed by atoms with Crippen LogP contribution in [-0.2, 0) is 19.9 Å². The normalized spacial score (nSPS) is 19.3. The number of amides is 1. The number of hydrogen-bond donors (Lipinski definition) is 2. The summed E-state index contributed by atoms with van der Waals surface area (Å²) in [6.07, 6.45) is 1.71. The van der Waals surface area contributed by atoms with Crippen LogP contribution in [0, 0.1) is 6.92 Å². The number of nitrogens with one attached hydrogen (secondary N) is 1. The Bertz CT molecular complexity index is 1140. The second-order valence-corrected chi connectivity index (χ2v) is 7.97. The van der Waals surface area contributed by atoms with Crippen LogP contribution in [0.1, 0.15) is 31.7 Å². The van der Waals surface area contributed by atoms with Gasteiger partial charge in [0.15, 0.2) is 5.82 Å². The minimum atomic E-state index is -0.695. The number of methoxy groups -OCH3 is 1. The molecule has 3 aromatic rings. The number of aromatic nitrogens is 4. The summed E-state index contributed by atoms with van der Waals surface area (Å²) in [6, 6.07) is 5.33. The van der Waals surface area contributed by atoms with Crippen molar-refractivity contribution in [2.75, 3.05) is 32.2 Å². The van der Waals surface area contributed by atoms with Gasteiger partial charge in [-0.25, -0.2) is 14.6 Å². The summed E-state index contributed by atoms with van der Waals surface area (Å²) in [5, 5.41) is 17.9. The van der Waals surface area contributed by atoms with E-state index in [9.17, 15) is 9.90 Å². The lowest BCUT2D eigenvalue weighted by molar-refractivity contribution is -0.114. The lowest BCUT2D eigenvalue weighted by Crippen LogP contribution is -2.30. The lowest BCUT2D eigenvalue weighted by atomic mass is 9.97. The molecule has 3 aromatic heterocycles. The summed E-state index contributed by atoms with van der Waals surface area (Å²) >= 11 is 0. The molecule has 10 nitrogen and oxygen atoms in total. The molecular formula is C22H27N5O5. The predicted octanol–water partition coefficient (Wildman–Crippen LogP) is 2.10. The van der Waals surface area contributed by atoms with Gasteiger partial charge in [-0.1, -0.05) is 0 Å². The summed E-state index contributed by atoms with van der Waals surface area (Å²) in [6.45, 7) is 6.05. The second-order valence-electron chi connectivity index (χ2n) is 7.97. The fourth-order valence-electron chi connectivity index (χ4n) is 3.73. The van der Waals surface area contributed by atoms with Gasteiger partial charge in [0.1, 0.15) is 23.8 Å². The molecule has 1 aliphatic heterocycles. The quantitative estimate of drug-likeness (QED) is 0.572. The molecule has 0 aliphatic carbocycles. The topological polar surface area (TPSA) is 121 Å². The fraction of sp³-hybridized carbons (Fsp3) is 0.455. The molecule has 0 aromatic carbocycles. The highest BCUT2D eigenvalue weighted by atomic mass is 16.5. The largest absolute Gasteiger partial charge is 0.491 e. The third-order valence-electron chi connectivity index (χ3n) is 5.39. The van der Waals surface area contributed by atoms with E-state index in [0.717, 1.165) is 16.6 Å². The molecule has 32 heavy (non-hydrogen) atoms. The van der Waals surface area contributed by atoms with Crippen LogP contribution in [0.2, 0.25) is 0 Å². The number of hydrogen-bond acceptors (Lipinski definition) is 8. The minimum absolute atomic E-state index is 0.134. The molecule has 4 rings (SSSR count). The Kier molecular flexibility index (Phi) is 6.09. The van der Waals surface area contributed by atoms with Gasteiger partial charge in [-0.2, -0.15) is 5.10 Å². The molecule has 0 bridgehead atoms. The van der Waals surface area contributed by atoms with Gasteiger partial charge >= 0.3 is 0 Å². The number of pyridine rings is 2. The van der Waals surface area contributed by atoms with Gasteiger partial charge in [0, 0.05) is 56.8 Å². The highest BCUT2D eigenvalue weighted by Crippen LogP contribution is 2.35. The maximum Gasteiger partial charge on any atom is 0.222 e. The van der Waals surface area contributed by atoms with Crippen molar-refractivity contribution in [3.05, 3.63) is 35.8 Å². The van der Waals surface area contributed by atoms with E-state index in [0.29, 0.717) is 42.7 Å². The maximum atomic E-state index is 11.5. The van der Waals surface area contributed by atoms with Crippen LogP contribution in [0.25, 0.3) is 16.7 Å². The number of aliphatic hydroxyl groups is 1. The van der Waals surface area contributed by atoms with Gasteiger partial charge < -0.3 is 24.6 Å². The molecule has 1 saturated heterocycles. The molecule has 2 N–H and O–H groups in total. The summed E-state index contributed by atoms with van der Waals surface area (Å²) < 4.78 is 18.9. The SMILES string of the molecule is CO[C@]1(c2cc(OC[C@@H](C)O)cc(-n3nc(C)c4cnc(NC(C)=O)cc43)n2)CCOC1. The lowest BCUT2D eigenvalue weighted by Gasteiger charge is -2.26.